The normalized spacial score (nSPS) is 11.1. The van der Waals surface area contributed by atoms with Gasteiger partial charge in [-0.25, -0.2) is 0 Å². The number of fused-ring (bicyclic) bond motifs is 4. The van der Waals surface area contributed by atoms with E-state index in [9.17, 15) is 5.53 Å². The van der Waals surface area contributed by atoms with Crippen LogP contribution in [0.15, 0.2) is 152 Å². The molecular formula is C43H26N2. The van der Waals surface area contributed by atoms with E-state index in [4.69, 9.17) is 6.42 Å². The van der Waals surface area contributed by atoms with Gasteiger partial charge in [-0.15, -0.1) is 6.42 Å². The summed E-state index contributed by atoms with van der Waals surface area (Å²) >= 11 is 0. The molecule has 0 bridgehead atoms. The molecule has 0 aliphatic carbocycles. The maximum absolute atomic E-state index is 11.1. The molecule has 0 amide bonds. The fourth-order valence-corrected chi connectivity index (χ4v) is 6.96. The van der Waals surface area contributed by atoms with E-state index in [1.54, 1.807) is 0 Å². The van der Waals surface area contributed by atoms with Gasteiger partial charge in [-0.2, -0.15) is 4.79 Å². The van der Waals surface area contributed by atoms with Crippen molar-refractivity contribution in [3.8, 4) is 34.6 Å². The SMILES string of the molecule is C#Cc1ccc2c(C(=[N+]=[N-])c3c4ccccc4c(-c4ccccc4)c4ccccc34)c3ccccc3c(-c3ccccc3)c2c1. The van der Waals surface area contributed by atoms with E-state index in [1.807, 2.05) is 24.3 Å². The van der Waals surface area contributed by atoms with Gasteiger partial charge in [0, 0.05) is 5.56 Å². The van der Waals surface area contributed by atoms with Gasteiger partial charge >= 0.3 is 5.71 Å². The number of hydrogen-bond acceptors (Lipinski definition) is 0. The van der Waals surface area contributed by atoms with Gasteiger partial charge in [0.2, 0.25) is 0 Å². The van der Waals surface area contributed by atoms with E-state index in [-0.39, 0.29) is 0 Å². The van der Waals surface area contributed by atoms with Crippen LogP contribution >= 0.6 is 0 Å². The minimum Gasteiger partial charge on any atom is -0.361 e. The maximum atomic E-state index is 11.1. The van der Waals surface area contributed by atoms with E-state index in [0.29, 0.717) is 5.71 Å². The molecule has 8 rings (SSSR count). The molecule has 8 aromatic carbocycles. The van der Waals surface area contributed by atoms with Crippen LogP contribution in [0, 0.1) is 12.3 Å². The number of hydrogen-bond donors (Lipinski definition) is 0. The molecule has 0 N–H and O–H groups in total. The van der Waals surface area contributed by atoms with E-state index in [2.05, 4.69) is 138 Å². The zero-order valence-corrected chi connectivity index (χ0v) is 24.4. The first-order valence-electron chi connectivity index (χ1n) is 15.0. The summed E-state index contributed by atoms with van der Waals surface area (Å²) in [4.78, 5) is 4.15. The fraction of sp³-hybridized carbons (Fsp3) is 0. The summed E-state index contributed by atoms with van der Waals surface area (Å²) in [5, 5.41) is 8.30. The Morgan fingerprint density at radius 3 is 1.24 bits per heavy atom. The van der Waals surface area contributed by atoms with Crippen molar-refractivity contribution in [2.24, 2.45) is 0 Å². The third-order valence-corrected chi connectivity index (χ3v) is 8.82. The molecule has 2 heteroatoms. The zero-order chi connectivity index (χ0) is 30.3. The second kappa shape index (κ2) is 10.8. The van der Waals surface area contributed by atoms with E-state index in [0.717, 1.165) is 82.0 Å². The fourth-order valence-electron chi connectivity index (χ4n) is 6.96. The predicted molar refractivity (Wildman–Crippen MR) is 189 cm³/mol. The Hall–Kier alpha value is -6.26. The molecule has 208 valence electrons. The van der Waals surface area contributed by atoms with Gasteiger partial charge in [0.25, 0.3) is 0 Å². The molecule has 0 aliphatic heterocycles. The first-order valence-corrected chi connectivity index (χ1v) is 15.0. The van der Waals surface area contributed by atoms with Gasteiger partial charge in [0.15, 0.2) is 0 Å². The summed E-state index contributed by atoms with van der Waals surface area (Å²) in [6.45, 7) is 0. The summed E-state index contributed by atoms with van der Waals surface area (Å²) in [5.74, 6) is 2.83. The van der Waals surface area contributed by atoms with Gasteiger partial charge in [-0.1, -0.05) is 145 Å². The van der Waals surface area contributed by atoms with Crippen molar-refractivity contribution in [2.45, 2.75) is 0 Å². The van der Waals surface area contributed by atoms with Gasteiger partial charge in [0.1, 0.15) is 0 Å². The summed E-state index contributed by atoms with van der Waals surface area (Å²) in [6, 6.07) is 52.3. The van der Waals surface area contributed by atoms with E-state index in [1.165, 1.54) is 0 Å². The quantitative estimate of drug-likeness (QED) is 0.0663. The highest BCUT2D eigenvalue weighted by Gasteiger charge is 2.29. The Kier molecular flexibility index (Phi) is 6.32. The Morgan fingerprint density at radius 1 is 0.444 bits per heavy atom. The van der Waals surface area contributed by atoms with Crippen molar-refractivity contribution in [2.75, 3.05) is 0 Å². The van der Waals surface area contributed by atoms with Gasteiger partial charge in [-0.05, 0) is 77.5 Å². The monoisotopic (exact) mass is 570 g/mol. The molecule has 0 heterocycles. The Morgan fingerprint density at radius 2 is 0.822 bits per heavy atom. The molecule has 0 aromatic heterocycles. The second-order valence-corrected chi connectivity index (χ2v) is 11.2. The smallest absolute Gasteiger partial charge is 0.332 e. The molecule has 8 aromatic rings. The van der Waals surface area contributed by atoms with Crippen molar-refractivity contribution in [1.29, 1.82) is 0 Å². The number of terminal acetylenes is 1. The minimum absolute atomic E-state index is 0.524. The van der Waals surface area contributed by atoms with Crippen LogP contribution in [0.3, 0.4) is 0 Å². The van der Waals surface area contributed by atoms with Crippen LogP contribution in [-0.4, -0.2) is 10.5 Å². The Bertz CT molecular complexity index is 2470. The zero-order valence-electron chi connectivity index (χ0n) is 24.4. The maximum Gasteiger partial charge on any atom is 0.332 e. The van der Waals surface area contributed by atoms with Crippen LogP contribution in [0.4, 0.5) is 0 Å². The van der Waals surface area contributed by atoms with Crippen LogP contribution < -0.4 is 0 Å². The third-order valence-electron chi connectivity index (χ3n) is 8.82. The van der Waals surface area contributed by atoms with Crippen molar-refractivity contribution >= 4 is 48.8 Å². The second-order valence-electron chi connectivity index (χ2n) is 11.2. The van der Waals surface area contributed by atoms with Crippen molar-refractivity contribution in [3.63, 3.8) is 0 Å². The van der Waals surface area contributed by atoms with Crippen LogP contribution in [0.1, 0.15) is 16.7 Å². The molecule has 2 nitrogen and oxygen atoms in total. The van der Waals surface area contributed by atoms with Crippen LogP contribution in [0.2, 0.25) is 0 Å². The van der Waals surface area contributed by atoms with E-state index >= 15 is 0 Å². The van der Waals surface area contributed by atoms with Crippen molar-refractivity contribution < 1.29 is 4.79 Å². The minimum atomic E-state index is 0.524. The van der Waals surface area contributed by atoms with Crippen molar-refractivity contribution in [1.82, 2.24) is 0 Å². The highest BCUT2D eigenvalue weighted by Crippen LogP contribution is 2.44. The first-order chi connectivity index (χ1) is 22.3. The molecule has 0 fully saturated rings. The summed E-state index contributed by atoms with van der Waals surface area (Å²) < 4.78 is 0. The lowest BCUT2D eigenvalue weighted by Gasteiger charge is -2.18. The molecule has 0 saturated carbocycles. The lowest BCUT2D eigenvalue weighted by molar-refractivity contribution is -0.00233. The largest absolute Gasteiger partial charge is 0.361 e. The molecule has 0 aliphatic rings. The van der Waals surface area contributed by atoms with Gasteiger partial charge < -0.3 is 5.53 Å². The lowest BCUT2D eigenvalue weighted by atomic mass is 9.81. The van der Waals surface area contributed by atoms with Crippen LogP contribution in [0.25, 0.3) is 70.9 Å². The average Bonchev–Trinajstić information content (AvgIpc) is 3.11. The topological polar surface area (TPSA) is 36.4 Å². The number of benzene rings is 8. The molecule has 0 spiro atoms. The molecule has 0 unspecified atom stereocenters. The lowest BCUT2D eigenvalue weighted by Crippen LogP contribution is -2.10. The highest BCUT2D eigenvalue weighted by atomic mass is 14.9. The highest BCUT2D eigenvalue weighted by molar-refractivity contribution is 6.35. The average molecular weight is 571 g/mol. The molecule has 0 atom stereocenters. The third kappa shape index (κ3) is 4.15. The van der Waals surface area contributed by atoms with Crippen LogP contribution in [0.5, 0.6) is 0 Å². The summed E-state index contributed by atoms with van der Waals surface area (Å²) in [5.41, 5.74) is 18.7. The van der Waals surface area contributed by atoms with E-state index < -0.39 is 0 Å². The standard InChI is InChI=1S/C43H26N2/c1-2-28-25-26-37-38(27-28)40(30-17-7-4-8-18-30)33-21-11-14-24-36(33)42(37)43(45-44)41-34-22-12-9-19-31(34)39(29-15-5-3-6-16-29)32-20-10-13-23-35(32)41/h1,3-27H. The first kappa shape index (κ1) is 26.4. The number of rotatable bonds is 4. The molecular weight excluding hydrogens is 544 g/mol. The van der Waals surface area contributed by atoms with Crippen LogP contribution in [-0.2, 0) is 0 Å². The number of nitrogens with zero attached hydrogens (tertiary/aromatic N) is 2. The summed E-state index contributed by atoms with van der Waals surface area (Å²) in [6.07, 6.45) is 5.93. The summed E-state index contributed by atoms with van der Waals surface area (Å²) in [7, 11) is 0. The predicted octanol–water partition coefficient (Wildman–Crippen LogP) is 10.7. The molecule has 45 heavy (non-hydrogen) atoms. The van der Waals surface area contributed by atoms with Gasteiger partial charge in [0.05, 0.1) is 11.1 Å². The molecule has 0 radical (unpaired) electrons. The Balaban J connectivity index is 1.56. The van der Waals surface area contributed by atoms with Gasteiger partial charge in [-0.3, -0.25) is 0 Å². The van der Waals surface area contributed by atoms with Crippen molar-refractivity contribution in [3.05, 3.63) is 174 Å². The Labute approximate surface area is 261 Å². The molecule has 0 saturated heterocycles.